The van der Waals surface area contributed by atoms with E-state index >= 15 is 0 Å². The molecule has 0 aliphatic carbocycles. The van der Waals surface area contributed by atoms with Gasteiger partial charge in [0, 0.05) is 27.4 Å². The number of halogens is 2. The summed E-state index contributed by atoms with van der Waals surface area (Å²) < 4.78 is 8.26. The predicted molar refractivity (Wildman–Crippen MR) is 85.8 cm³/mol. The molecule has 1 aliphatic heterocycles. The van der Waals surface area contributed by atoms with Crippen molar-refractivity contribution >= 4 is 43.2 Å². The molecule has 0 bridgehead atoms. The number of hydrogen-bond acceptors (Lipinski definition) is 3. The number of ether oxygens (including phenoxy) is 1. The van der Waals surface area contributed by atoms with E-state index in [1.54, 1.807) is 11.3 Å². The summed E-state index contributed by atoms with van der Waals surface area (Å²) in [4.78, 5) is 1.19. The number of benzene rings is 1. The molecule has 2 aromatic rings. The van der Waals surface area contributed by atoms with Crippen LogP contribution in [0.15, 0.2) is 32.5 Å². The van der Waals surface area contributed by atoms with Crippen LogP contribution in [0.25, 0.3) is 0 Å². The van der Waals surface area contributed by atoms with Crippen LogP contribution in [0.1, 0.15) is 34.6 Å². The fourth-order valence-electron chi connectivity index (χ4n) is 2.32. The Morgan fingerprint density at radius 1 is 1.32 bits per heavy atom. The van der Waals surface area contributed by atoms with Crippen molar-refractivity contribution < 1.29 is 4.74 Å². The molecule has 3 rings (SSSR count). The standard InChI is InChI=1S/C14H13Br2NOS/c1-7-2-3-11-8(4-7)10(17)6-12(18-11)13-5-9(15)14(16)19-13/h2-5,10,12H,6,17H2,1H3. The first kappa shape index (κ1) is 13.6. The molecule has 1 aromatic carbocycles. The molecular formula is C14H13Br2NOS. The van der Waals surface area contributed by atoms with Crippen molar-refractivity contribution in [2.45, 2.75) is 25.5 Å². The van der Waals surface area contributed by atoms with Crippen LogP contribution in [0, 0.1) is 6.92 Å². The van der Waals surface area contributed by atoms with Gasteiger partial charge in [-0.2, -0.15) is 0 Å². The second-order valence-electron chi connectivity index (χ2n) is 4.76. The van der Waals surface area contributed by atoms with Gasteiger partial charge in [-0.05, 0) is 50.9 Å². The highest BCUT2D eigenvalue weighted by molar-refractivity contribution is 9.13. The van der Waals surface area contributed by atoms with Crippen LogP contribution in [0.4, 0.5) is 0 Å². The second-order valence-corrected chi connectivity index (χ2v) is 8.02. The quantitative estimate of drug-likeness (QED) is 0.719. The number of nitrogens with two attached hydrogens (primary N) is 1. The molecule has 0 saturated heterocycles. The summed E-state index contributed by atoms with van der Waals surface area (Å²) in [6, 6.07) is 8.35. The van der Waals surface area contributed by atoms with Gasteiger partial charge in [0.1, 0.15) is 11.9 Å². The molecule has 2 N–H and O–H groups in total. The number of fused-ring (bicyclic) bond motifs is 1. The minimum absolute atomic E-state index is 0.0355. The molecule has 0 saturated carbocycles. The highest BCUT2D eigenvalue weighted by atomic mass is 79.9. The van der Waals surface area contributed by atoms with Crippen LogP contribution in [-0.2, 0) is 0 Å². The molecule has 5 heteroatoms. The predicted octanol–water partition coefficient (Wildman–Crippen LogP) is 5.11. The average molecular weight is 403 g/mol. The van der Waals surface area contributed by atoms with Crippen molar-refractivity contribution in [1.82, 2.24) is 0 Å². The molecule has 1 aromatic heterocycles. The van der Waals surface area contributed by atoms with Crippen LogP contribution < -0.4 is 10.5 Å². The first-order valence-corrected chi connectivity index (χ1v) is 8.42. The Hall–Kier alpha value is -0.360. The number of thiophene rings is 1. The van der Waals surface area contributed by atoms with Gasteiger partial charge in [0.15, 0.2) is 0 Å². The molecule has 100 valence electrons. The van der Waals surface area contributed by atoms with E-state index in [9.17, 15) is 0 Å². The molecule has 0 spiro atoms. The second kappa shape index (κ2) is 5.20. The van der Waals surface area contributed by atoms with E-state index in [2.05, 4.69) is 57.0 Å². The number of hydrogen-bond donors (Lipinski definition) is 1. The first-order valence-electron chi connectivity index (χ1n) is 6.02. The Morgan fingerprint density at radius 2 is 2.11 bits per heavy atom. The first-order chi connectivity index (χ1) is 9.04. The van der Waals surface area contributed by atoms with E-state index < -0.39 is 0 Å². The summed E-state index contributed by atoms with van der Waals surface area (Å²) in [6.07, 6.45) is 0.855. The molecule has 0 fully saturated rings. The number of aryl methyl sites for hydroxylation is 1. The van der Waals surface area contributed by atoms with Gasteiger partial charge in [-0.1, -0.05) is 17.7 Å². The fourth-order valence-corrected chi connectivity index (χ4v) is 4.45. The maximum atomic E-state index is 6.29. The fraction of sp³-hybridized carbons (Fsp3) is 0.286. The monoisotopic (exact) mass is 401 g/mol. The normalized spacial score (nSPS) is 21.9. The molecule has 19 heavy (non-hydrogen) atoms. The Balaban J connectivity index is 1.94. The van der Waals surface area contributed by atoms with Crippen molar-refractivity contribution in [2.24, 2.45) is 5.73 Å². The Kier molecular flexibility index (Phi) is 3.73. The topological polar surface area (TPSA) is 35.2 Å². The third-order valence-corrected chi connectivity index (χ3v) is 6.63. The van der Waals surface area contributed by atoms with E-state index in [0.29, 0.717) is 0 Å². The van der Waals surface area contributed by atoms with E-state index in [-0.39, 0.29) is 12.1 Å². The van der Waals surface area contributed by atoms with Crippen LogP contribution >= 0.6 is 43.2 Å². The summed E-state index contributed by atoms with van der Waals surface area (Å²) in [7, 11) is 0. The highest BCUT2D eigenvalue weighted by Gasteiger charge is 2.28. The lowest BCUT2D eigenvalue weighted by atomic mass is 9.95. The largest absolute Gasteiger partial charge is 0.484 e. The maximum Gasteiger partial charge on any atom is 0.135 e. The van der Waals surface area contributed by atoms with Crippen LogP contribution in [0.2, 0.25) is 0 Å². The number of rotatable bonds is 1. The molecule has 2 atom stereocenters. The molecule has 0 amide bonds. The van der Waals surface area contributed by atoms with Gasteiger partial charge in [-0.3, -0.25) is 0 Å². The molecule has 2 heterocycles. The maximum absolute atomic E-state index is 6.29. The summed E-state index contributed by atoms with van der Waals surface area (Å²) in [6.45, 7) is 2.08. The van der Waals surface area contributed by atoms with E-state index in [1.165, 1.54) is 10.4 Å². The molecule has 2 nitrogen and oxygen atoms in total. The highest BCUT2D eigenvalue weighted by Crippen LogP contribution is 2.44. The smallest absolute Gasteiger partial charge is 0.135 e. The van der Waals surface area contributed by atoms with E-state index in [4.69, 9.17) is 10.5 Å². The molecule has 2 unspecified atom stereocenters. The van der Waals surface area contributed by atoms with Crippen molar-refractivity contribution in [1.29, 1.82) is 0 Å². The lowest BCUT2D eigenvalue weighted by Gasteiger charge is -2.30. The Labute approximate surface area is 133 Å². The zero-order chi connectivity index (χ0) is 13.6. The Morgan fingerprint density at radius 3 is 2.79 bits per heavy atom. The van der Waals surface area contributed by atoms with E-state index in [1.807, 2.05) is 6.07 Å². The van der Waals surface area contributed by atoms with Gasteiger partial charge in [-0.25, -0.2) is 0 Å². The van der Waals surface area contributed by atoms with Crippen molar-refractivity contribution in [2.75, 3.05) is 0 Å². The molecular weight excluding hydrogens is 390 g/mol. The van der Waals surface area contributed by atoms with Crippen LogP contribution in [0.3, 0.4) is 0 Å². The molecule has 0 radical (unpaired) electrons. The minimum atomic E-state index is 0.0355. The lowest BCUT2D eigenvalue weighted by molar-refractivity contribution is 0.165. The van der Waals surface area contributed by atoms with Crippen LogP contribution in [0.5, 0.6) is 5.75 Å². The minimum Gasteiger partial charge on any atom is -0.484 e. The van der Waals surface area contributed by atoms with Gasteiger partial charge in [0.05, 0.1) is 3.79 Å². The lowest BCUT2D eigenvalue weighted by Crippen LogP contribution is -2.23. The van der Waals surface area contributed by atoms with Crippen LogP contribution in [-0.4, -0.2) is 0 Å². The third kappa shape index (κ3) is 2.61. The van der Waals surface area contributed by atoms with E-state index in [0.717, 1.165) is 26.0 Å². The van der Waals surface area contributed by atoms with Gasteiger partial charge < -0.3 is 10.5 Å². The summed E-state index contributed by atoms with van der Waals surface area (Å²) >= 11 is 8.73. The zero-order valence-corrected chi connectivity index (χ0v) is 14.3. The van der Waals surface area contributed by atoms with Crippen molar-refractivity contribution in [3.05, 3.63) is 48.5 Å². The summed E-state index contributed by atoms with van der Waals surface area (Å²) in [5.74, 6) is 0.912. The van der Waals surface area contributed by atoms with Crippen molar-refractivity contribution in [3.63, 3.8) is 0 Å². The Bertz CT molecular complexity index is 606. The van der Waals surface area contributed by atoms with Gasteiger partial charge in [0.2, 0.25) is 0 Å². The van der Waals surface area contributed by atoms with Gasteiger partial charge in [0.25, 0.3) is 0 Å². The SMILES string of the molecule is Cc1ccc2c(c1)C(N)CC(c1cc(Br)c(Br)s1)O2. The summed E-state index contributed by atoms with van der Waals surface area (Å²) in [5, 5.41) is 0. The van der Waals surface area contributed by atoms with Crippen molar-refractivity contribution in [3.8, 4) is 5.75 Å². The van der Waals surface area contributed by atoms with Gasteiger partial charge in [-0.15, -0.1) is 11.3 Å². The zero-order valence-electron chi connectivity index (χ0n) is 10.3. The third-order valence-electron chi connectivity index (χ3n) is 3.28. The van der Waals surface area contributed by atoms with Gasteiger partial charge >= 0.3 is 0 Å². The average Bonchev–Trinajstić information content (AvgIpc) is 2.70. The summed E-state index contributed by atoms with van der Waals surface area (Å²) in [5.41, 5.74) is 8.63. The molecule has 1 aliphatic rings.